The zero-order chi connectivity index (χ0) is 49.4. The first-order valence-corrected chi connectivity index (χ1v) is 24.9. The fourth-order valence-electron chi connectivity index (χ4n) is 10.9. The van der Waals surface area contributed by atoms with Crippen LogP contribution in [-0.4, -0.2) is 39.0 Å². The van der Waals surface area contributed by atoms with Crippen LogP contribution in [0.4, 0.5) is 0 Å². The standard InChI is InChI=1S/C66H40N8O/c1-5-19-41(20-6-1)61-67-62(42-21-7-2-8-22-42)70-65(69-61)45-27-17-28-46(39-45)73-52-32-15-13-29-48(52)59-54(73)36-37-55-60(59)49-30-14-16-33-53(49)74(55)47-35-38-56-51(40-47)58-50(31-18-34-57(58)75-56)66-71-63(43-23-9-3-10-24-43)68-64(72-66)44-25-11-4-12-26-44/h1-40H. The van der Waals surface area contributed by atoms with Gasteiger partial charge in [0.25, 0.3) is 0 Å². The Hall–Kier alpha value is -10.4. The summed E-state index contributed by atoms with van der Waals surface area (Å²) in [5, 5.41) is 6.58. The van der Waals surface area contributed by atoms with Crippen LogP contribution in [-0.2, 0) is 0 Å². The maximum atomic E-state index is 6.64. The van der Waals surface area contributed by atoms with Gasteiger partial charge in [0.2, 0.25) is 0 Å². The number of furan rings is 1. The van der Waals surface area contributed by atoms with Crippen LogP contribution in [0.15, 0.2) is 247 Å². The maximum Gasteiger partial charge on any atom is 0.164 e. The Morgan fingerprint density at radius 2 is 0.667 bits per heavy atom. The Kier molecular flexibility index (Phi) is 9.67. The molecule has 0 aliphatic heterocycles. The van der Waals surface area contributed by atoms with Gasteiger partial charge in [-0.3, -0.25) is 0 Å². The first-order valence-electron chi connectivity index (χ1n) is 24.9. The van der Waals surface area contributed by atoms with E-state index in [-0.39, 0.29) is 0 Å². The number of hydrogen-bond donors (Lipinski definition) is 0. The van der Waals surface area contributed by atoms with Gasteiger partial charge in [-0.05, 0) is 60.7 Å². The van der Waals surface area contributed by atoms with E-state index in [1.165, 1.54) is 10.8 Å². The highest BCUT2D eigenvalue weighted by Gasteiger charge is 2.23. The summed E-state index contributed by atoms with van der Waals surface area (Å²) in [7, 11) is 0. The highest BCUT2D eigenvalue weighted by atomic mass is 16.3. The molecular weight excluding hydrogens is 921 g/mol. The van der Waals surface area contributed by atoms with Crippen molar-refractivity contribution >= 4 is 65.6 Å². The summed E-state index contributed by atoms with van der Waals surface area (Å²) in [5.41, 5.74) is 13.4. The minimum atomic E-state index is 0.574. The molecule has 350 valence electrons. The van der Waals surface area contributed by atoms with Gasteiger partial charge in [-0.25, -0.2) is 29.9 Å². The number of nitrogens with zero attached hydrogens (tertiary/aromatic N) is 8. The van der Waals surface area contributed by atoms with Gasteiger partial charge < -0.3 is 13.6 Å². The second-order valence-corrected chi connectivity index (χ2v) is 18.6. The molecule has 0 atom stereocenters. The van der Waals surface area contributed by atoms with E-state index in [2.05, 4.69) is 118 Å². The van der Waals surface area contributed by atoms with Crippen molar-refractivity contribution in [2.24, 2.45) is 0 Å². The Morgan fingerprint density at radius 1 is 0.253 bits per heavy atom. The molecule has 0 fully saturated rings. The number of fused-ring (bicyclic) bond motifs is 10. The molecule has 5 heterocycles. The van der Waals surface area contributed by atoms with E-state index in [1.807, 2.05) is 133 Å². The van der Waals surface area contributed by atoms with Crippen molar-refractivity contribution < 1.29 is 4.42 Å². The zero-order valence-electron chi connectivity index (χ0n) is 40.1. The smallest absolute Gasteiger partial charge is 0.164 e. The van der Waals surface area contributed by atoms with Crippen LogP contribution in [0.3, 0.4) is 0 Å². The quantitative estimate of drug-likeness (QED) is 0.149. The van der Waals surface area contributed by atoms with Crippen LogP contribution in [0.5, 0.6) is 0 Å². The lowest BCUT2D eigenvalue weighted by atomic mass is 10.0. The van der Waals surface area contributed by atoms with Crippen molar-refractivity contribution in [3.8, 4) is 79.7 Å². The van der Waals surface area contributed by atoms with Gasteiger partial charge in [0.05, 0.1) is 22.1 Å². The maximum absolute atomic E-state index is 6.64. The molecule has 0 aliphatic carbocycles. The van der Waals surface area contributed by atoms with Gasteiger partial charge >= 0.3 is 0 Å². The molecule has 0 saturated carbocycles. The number of rotatable bonds is 8. The molecule has 0 aliphatic rings. The topological polar surface area (TPSA) is 100 Å². The summed E-state index contributed by atoms with van der Waals surface area (Å²) in [6.45, 7) is 0. The SMILES string of the molecule is c1ccc(-c2nc(-c3ccccc3)nc(-c3cccc(-n4c5ccccc5c5c6c7ccccc7n(-c7ccc8oc9cccc(-c%10nc(-c%11ccccc%11)nc(-c%11ccccc%11)n%10)c9c8c7)c6ccc54)c3)n2)cc1. The Bertz CT molecular complexity index is 4590. The second-order valence-electron chi connectivity index (χ2n) is 18.6. The lowest BCUT2D eigenvalue weighted by Crippen LogP contribution is -2.01. The average molecular weight is 961 g/mol. The van der Waals surface area contributed by atoms with Crippen LogP contribution in [0, 0.1) is 0 Å². The molecule has 0 spiro atoms. The van der Waals surface area contributed by atoms with Gasteiger partial charge in [0.1, 0.15) is 11.2 Å². The molecule has 9 nitrogen and oxygen atoms in total. The van der Waals surface area contributed by atoms with E-state index in [0.29, 0.717) is 34.9 Å². The van der Waals surface area contributed by atoms with Crippen molar-refractivity contribution in [1.82, 2.24) is 39.0 Å². The lowest BCUT2D eigenvalue weighted by molar-refractivity contribution is 0.669. The third-order valence-corrected chi connectivity index (χ3v) is 14.2. The van der Waals surface area contributed by atoms with Crippen molar-refractivity contribution in [3.63, 3.8) is 0 Å². The molecule has 0 saturated heterocycles. The molecule has 0 radical (unpaired) electrons. The molecular formula is C66H40N8O. The molecule has 0 amide bonds. The fraction of sp³-hybridized carbons (Fsp3) is 0. The Morgan fingerprint density at radius 3 is 1.17 bits per heavy atom. The van der Waals surface area contributed by atoms with Crippen LogP contribution in [0.25, 0.3) is 145 Å². The van der Waals surface area contributed by atoms with Gasteiger partial charge in [0, 0.05) is 77.1 Å². The van der Waals surface area contributed by atoms with Gasteiger partial charge in [0.15, 0.2) is 34.9 Å². The Balaban J connectivity index is 0.910. The molecule has 15 rings (SSSR count). The minimum absolute atomic E-state index is 0.574. The van der Waals surface area contributed by atoms with E-state index in [0.717, 1.165) is 99.5 Å². The predicted octanol–water partition coefficient (Wildman–Crippen LogP) is 16.2. The summed E-state index contributed by atoms with van der Waals surface area (Å²) >= 11 is 0. The molecule has 0 unspecified atom stereocenters. The summed E-state index contributed by atoms with van der Waals surface area (Å²) < 4.78 is 11.4. The summed E-state index contributed by atoms with van der Waals surface area (Å²) in [6, 6.07) is 83.5. The van der Waals surface area contributed by atoms with Crippen molar-refractivity contribution in [3.05, 3.63) is 243 Å². The van der Waals surface area contributed by atoms with Gasteiger partial charge in [-0.2, -0.15) is 0 Å². The molecule has 15 aromatic rings. The summed E-state index contributed by atoms with van der Waals surface area (Å²) in [6.07, 6.45) is 0. The first-order chi connectivity index (χ1) is 37.2. The summed E-state index contributed by atoms with van der Waals surface area (Å²) in [4.78, 5) is 30.4. The highest BCUT2D eigenvalue weighted by Crippen LogP contribution is 2.44. The van der Waals surface area contributed by atoms with E-state index in [9.17, 15) is 0 Å². The van der Waals surface area contributed by atoms with E-state index < -0.39 is 0 Å². The molecule has 75 heavy (non-hydrogen) atoms. The van der Waals surface area contributed by atoms with Crippen molar-refractivity contribution in [1.29, 1.82) is 0 Å². The fourth-order valence-corrected chi connectivity index (χ4v) is 10.9. The van der Waals surface area contributed by atoms with Crippen LogP contribution in [0.1, 0.15) is 0 Å². The third kappa shape index (κ3) is 7.01. The van der Waals surface area contributed by atoms with E-state index in [1.54, 1.807) is 0 Å². The molecule has 10 aromatic carbocycles. The van der Waals surface area contributed by atoms with Crippen molar-refractivity contribution in [2.75, 3.05) is 0 Å². The normalized spacial score (nSPS) is 11.7. The molecule has 5 aromatic heterocycles. The third-order valence-electron chi connectivity index (χ3n) is 14.2. The zero-order valence-corrected chi connectivity index (χ0v) is 40.1. The number of aromatic nitrogens is 8. The minimum Gasteiger partial charge on any atom is -0.456 e. The van der Waals surface area contributed by atoms with E-state index >= 15 is 0 Å². The second kappa shape index (κ2) is 17.1. The van der Waals surface area contributed by atoms with Crippen LogP contribution in [0.2, 0.25) is 0 Å². The predicted molar refractivity (Wildman–Crippen MR) is 302 cm³/mol. The van der Waals surface area contributed by atoms with Crippen LogP contribution >= 0.6 is 0 Å². The monoisotopic (exact) mass is 960 g/mol. The highest BCUT2D eigenvalue weighted by molar-refractivity contribution is 6.29. The average Bonchev–Trinajstić information content (AvgIpc) is 4.15. The largest absolute Gasteiger partial charge is 0.456 e. The van der Waals surface area contributed by atoms with Crippen molar-refractivity contribution in [2.45, 2.75) is 0 Å². The first kappa shape index (κ1) is 42.3. The van der Waals surface area contributed by atoms with Gasteiger partial charge in [-0.1, -0.05) is 182 Å². The van der Waals surface area contributed by atoms with Crippen LogP contribution < -0.4 is 0 Å². The lowest BCUT2D eigenvalue weighted by Gasteiger charge is -2.12. The molecule has 0 bridgehead atoms. The molecule has 0 N–H and O–H groups in total. The van der Waals surface area contributed by atoms with Gasteiger partial charge in [-0.15, -0.1) is 0 Å². The number of benzene rings is 10. The number of hydrogen-bond acceptors (Lipinski definition) is 7. The summed E-state index contributed by atoms with van der Waals surface area (Å²) in [5.74, 6) is 3.64. The van der Waals surface area contributed by atoms with E-state index in [4.69, 9.17) is 34.3 Å². The number of para-hydroxylation sites is 2. The molecule has 9 heteroatoms. The Labute approximate surface area is 429 Å².